The summed E-state index contributed by atoms with van der Waals surface area (Å²) in [5.74, 6) is -2.80. The molecule has 0 saturated heterocycles. The summed E-state index contributed by atoms with van der Waals surface area (Å²) in [7, 11) is 0. The molecule has 0 fully saturated rings. The highest BCUT2D eigenvalue weighted by Crippen LogP contribution is 2.37. The fourth-order valence-electron chi connectivity index (χ4n) is 3.82. The number of aryl methyl sites for hydroxylation is 2. The first-order valence-electron chi connectivity index (χ1n) is 12.1. The quantitative estimate of drug-likeness (QED) is 0.217. The van der Waals surface area contributed by atoms with Crippen molar-refractivity contribution in [2.24, 2.45) is 0 Å². The number of carbonyl (C=O) groups excluding carboxylic acids is 1. The first-order valence-corrected chi connectivity index (χ1v) is 12.5. The Bertz CT molecular complexity index is 1100. The molecule has 2 aromatic rings. The van der Waals surface area contributed by atoms with E-state index in [-0.39, 0.29) is 5.97 Å². The van der Waals surface area contributed by atoms with Gasteiger partial charge in [0, 0.05) is 47.7 Å². The molecular formula is C28H33ClN2O6. The van der Waals surface area contributed by atoms with Gasteiger partial charge in [0.05, 0.1) is 6.61 Å². The van der Waals surface area contributed by atoms with Crippen molar-refractivity contribution in [1.29, 1.82) is 0 Å². The molecule has 9 heteroatoms. The second kappa shape index (κ2) is 16.2. The summed E-state index contributed by atoms with van der Waals surface area (Å²) in [4.78, 5) is 32.8. The average Bonchev–Trinajstić information content (AvgIpc) is 3.01. The molecule has 198 valence electrons. The standard InChI is InChI=1S/C24H29ClN2O2.C4H4O4/c1-2-29-24(28)10-7-16-26-15-5-6-17-27-22-9-4-3-8-19(22)11-12-20-13-14-21(25)18-23(20)27;5-3(6)1-2-4(7)8/h3-4,7-10,13-14,18,26H,2,5-6,11-12,15-17H2,1H3;1-2H,(H,5,6)(H,7,8)/b10-7+;2-1-. The predicted molar refractivity (Wildman–Crippen MR) is 145 cm³/mol. The molecule has 0 bridgehead atoms. The smallest absolute Gasteiger partial charge is 0.330 e. The number of aliphatic carboxylic acids is 2. The molecule has 0 amide bonds. The first-order chi connectivity index (χ1) is 17.8. The molecule has 1 aliphatic rings. The second-order valence-corrected chi connectivity index (χ2v) is 8.57. The average molecular weight is 529 g/mol. The summed E-state index contributed by atoms with van der Waals surface area (Å²) in [6.07, 6.45) is 8.61. The van der Waals surface area contributed by atoms with Gasteiger partial charge in [0.2, 0.25) is 0 Å². The van der Waals surface area contributed by atoms with Crippen molar-refractivity contribution in [2.45, 2.75) is 32.6 Å². The maximum absolute atomic E-state index is 11.3. The molecule has 2 aromatic carbocycles. The number of carbonyl (C=O) groups is 3. The van der Waals surface area contributed by atoms with Gasteiger partial charge >= 0.3 is 17.9 Å². The Morgan fingerprint density at radius 1 is 0.973 bits per heavy atom. The third-order valence-corrected chi connectivity index (χ3v) is 5.68. The number of esters is 1. The van der Waals surface area contributed by atoms with E-state index in [0.717, 1.165) is 43.8 Å². The predicted octanol–water partition coefficient (Wildman–Crippen LogP) is 4.78. The van der Waals surface area contributed by atoms with Gasteiger partial charge in [-0.2, -0.15) is 0 Å². The lowest BCUT2D eigenvalue weighted by atomic mass is 10.0. The van der Waals surface area contributed by atoms with Gasteiger partial charge in [-0.1, -0.05) is 41.9 Å². The molecule has 0 saturated carbocycles. The highest BCUT2D eigenvalue weighted by atomic mass is 35.5. The zero-order valence-electron chi connectivity index (χ0n) is 20.9. The van der Waals surface area contributed by atoms with E-state index in [1.807, 2.05) is 6.07 Å². The number of carboxylic acids is 2. The number of carboxylic acid groups (broad SMARTS) is 2. The van der Waals surface area contributed by atoms with Crippen LogP contribution in [0.25, 0.3) is 0 Å². The van der Waals surface area contributed by atoms with E-state index in [0.29, 0.717) is 25.3 Å². The van der Waals surface area contributed by atoms with Crippen molar-refractivity contribution in [3.63, 3.8) is 0 Å². The van der Waals surface area contributed by atoms with Gasteiger partial charge < -0.3 is 25.2 Å². The Hall–Kier alpha value is -3.62. The summed E-state index contributed by atoms with van der Waals surface area (Å²) in [6, 6.07) is 14.9. The van der Waals surface area contributed by atoms with Crippen LogP contribution in [0.5, 0.6) is 0 Å². The van der Waals surface area contributed by atoms with Crippen molar-refractivity contribution >= 4 is 40.9 Å². The summed E-state index contributed by atoms with van der Waals surface area (Å²) >= 11 is 6.32. The van der Waals surface area contributed by atoms with Crippen molar-refractivity contribution in [3.8, 4) is 0 Å². The largest absolute Gasteiger partial charge is 0.478 e. The maximum atomic E-state index is 11.3. The number of benzene rings is 2. The molecule has 0 atom stereocenters. The van der Waals surface area contributed by atoms with Crippen LogP contribution < -0.4 is 10.2 Å². The molecule has 8 nitrogen and oxygen atoms in total. The molecule has 1 heterocycles. The number of halogens is 1. The second-order valence-electron chi connectivity index (χ2n) is 8.13. The molecule has 3 N–H and O–H groups in total. The minimum Gasteiger partial charge on any atom is -0.478 e. The van der Waals surface area contributed by atoms with Gasteiger partial charge in [-0.05, 0) is 68.5 Å². The highest BCUT2D eigenvalue weighted by Gasteiger charge is 2.20. The van der Waals surface area contributed by atoms with E-state index in [4.69, 9.17) is 26.6 Å². The number of unbranched alkanes of at least 4 members (excludes halogenated alkanes) is 1. The Kier molecular flexibility index (Phi) is 13.0. The lowest BCUT2D eigenvalue weighted by Crippen LogP contribution is -2.22. The van der Waals surface area contributed by atoms with Crippen LogP contribution in [0.4, 0.5) is 11.4 Å². The van der Waals surface area contributed by atoms with Crippen molar-refractivity contribution in [1.82, 2.24) is 5.32 Å². The minimum atomic E-state index is -1.26. The number of nitrogens with zero attached hydrogens (tertiary/aromatic N) is 1. The summed E-state index contributed by atoms with van der Waals surface area (Å²) in [5, 5.41) is 19.8. The zero-order valence-corrected chi connectivity index (χ0v) is 21.6. The molecule has 0 radical (unpaired) electrons. The van der Waals surface area contributed by atoms with Crippen LogP contribution in [0, 0.1) is 0 Å². The van der Waals surface area contributed by atoms with Crippen LogP contribution in [0.15, 0.2) is 66.8 Å². The molecule has 3 rings (SSSR count). The SMILES string of the molecule is CCOC(=O)/C=C/CNCCCCN1c2ccccc2CCc2ccc(Cl)cc21.O=C(O)/C=C\C(=O)O. The lowest BCUT2D eigenvalue weighted by Gasteiger charge is -2.27. The van der Waals surface area contributed by atoms with Crippen LogP contribution in [-0.2, 0) is 32.0 Å². The monoisotopic (exact) mass is 528 g/mol. The molecule has 0 aliphatic carbocycles. The number of fused-ring (bicyclic) bond motifs is 2. The van der Waals surface area contributed by atoms with E-state index in [1.54, 1.807) is 13.0 Å². The fourth-order valence-corrected chi connectivity index (χ4v) is 3.98. The Labute approximate surface area is 222 Å². The van der Waals surface area contributed by atoms with Crippen molar-refractivity contribution in [2.75, 3.05) is 31.1 Å². The van der Waals surface area contributed by atoms with E-state index < -0.39 is 11.9 Å². The minimum absolute atomic E-state index is 0.286. The summed E-state index contributed by atoms with van der Waals surface area (Å²) < 4.78 is 4.86. The number of ether oxygens (including phenoxy) is 1. The fraction of sp³-hybridized carbons (Fsp3) is 0.321. The molecule has 37 heavy (non-hydrogen) atoms. The third kappa shape index (κ3) is 10.9. The Morgan fingerprint density at radius 2 is 1.65 bits per heavy atom. The Morgan fingerprint density at radius 3 is 2.32 bits per heavy atom. The molecule has 0 unspecified atom stereocenters. The number of rotatable bonds is 11. The van der Waals surface area contributed by atoms with E-state index in [9.17, 15) is 14.4 Å². The number of nitrogens with one attached hydrogen (secondary N) is 1. The maximum Gasteiger partial charge on any atom is 0.330 e. The number of anilines is 2. The van der Waals surface area contributed by atoms with Crippen LogP contribution in [0.3, 0.4) is 0 Å². The van der Waals surface area contributed by atoms with Gasteiger partial charge in [-0.3, -0.25) is 0 Å². The first kappa shape index (κ1) is 29.6. The van der Waals surface area contributed by atoms with Crippen molar-refractivity contribution < 1.29 is 29.3 Å². The zero-order chi connectivity index (χ0) is 27.0. The van der Waals surface area contributed by atoms with Crippen LogP contribution in [0.1, 0.15) is 30.9 Å². The number of para-hydroxylation sites is 1. The van der Waals surface area contributed by atoms with E-state index >= 15 is 0 Å². The van der Waals surface area contributed by atoms with Crippen molar-refractivity contribution in [3.05, 3.63) is 82.9 Å². The number of hydrogen-bond donors (Lipinski definition) is 3. The topological polar surface area (TPSA) is 116 Å². The van der Waals surface area contributed by atoms with Crippen LogP contribution in [0.2, 0.25) is 5.02 Å². The van der Waals surface area contributed by atoms with E-state index in [1.165, 1.54) is 28.6 Å². The summed E-state index contributed by atoms with van der Waals surface area (Å²) in [6.45, 7) is 4.74. The van der Waals surface area contributed by atoms with Gasteiger partial charge in [0.15, 0.2) is 0 Å². The van der Waals surface area contributed by atoms with E-state index in [2.05, 4.69) is 46.6 Å². The van der Waals surface area contributed by atoms with Gasteiger partial charge in [0.1, 0.15) is 0 Å². The molecule has 1 aliphatic heterocycles. The lowest BCUT2D eigenvalue weighted by molar-refractivity contribution is -0.137. The van der Waals surface area contributed by atoms with Gasteiger partial charge in [-0.15, -0.1) is 0 Å². The normalized spacial score (nSPS) is 12.3. The Balaban J connectivity index is 0.000000521. The van der Waals surface area contributed by atoms with Gasteiger partial charge in [0.25, 0.3) is 0 Å². The molecule has 0 aromatic heterocycles. The molecular weight excluding hydrogens is 496 g/mol. The van der Waals surface area contributed by atoms with Crippen LogP contribution in [-0.4, -0.2) is 54.4 Å². The molecule has 0 spiro atoms. The van der Waals surface area contributed by atoms with Crippen LogP contribution >= 0.6 is 11.6 Å². The number of hydrogen-bond acceptors (Lipinski definition) is 6. The summed E-state index contributed by atoms with van der Waals surface area (Å²) in [5.41, 5.74) is 5.27. The third-order valence-electron chi connectivity index (χ3n) is 5.44. The van der Waals surface area contributed by atoms with Gasteiger partial charge in [-0.25, -0.2) is 14.4 Å². The highest BCUT2D eigenvalue weighted by molar-refractivity contribution is 6.30.